The Balaban J connectivity index is 1.94. The number of likely N-dealkylation sites (N-methyl/N-ethyl adjacent to an activating group) is 1. The molecule has 0 aromatic heterocycles. The first-order chi connectivity index (χ1) is 13.3. The fraction of sp³-hybridized carbons (Fsp3) is 0.333. The second-order valence-electron chi connectivity index (χ2n) is 6.74. The molecule has 0 fully saturated rings. The lowest BCUT2D eigenvalue weighted by Crippen LogP contribution is -2.51. The minimum atomic E-state index is -0.803. The fourth-order valence-corrected chi connectivity index (χ4v) is 2.56. The molecule has 2 aromatic rings. The average molecular weight is 390 g/mol. The zero-order valence-electron chi connectivity index (χ0n) is 16.1. The highest BCUT2D eigenvalue weighted by atomic mass is 19.1. The number of nitrogens with zero attached hydrogens (tertiary/aromatic N) is 1. The van der Waals surface area contributed by atoms with E-state index in [9.17, 15) is 18.4 Å². The Morgan fingerprint density at radius 3 is 2.32 bits per heavy atom. The summed E-state index contributed by atoms with van der Waals surface area (Å²) in [5.74, 6) is -1.64. The van der Waals surface area contributed by atoms with Crippen molar-refractivity contribution in [1.82, 2.24) is 10.2 Å². The lowest BCUT2D eigenvalue weighted by atomic mass is 10.0. The second kappa shape index (κ2) is 9.82. The van der Waals surface area contributed by atoms with Crippen LogP contribution in [0.2, 0.25) is 0 Å². The Hall–Kier alpha value is -2.96. The fourth-order valence-electron chi connectivity index (χ4n) is 2.56. The molecule has 0 radical (unpaired) electrons. The van der Waals surface area contributed by atoms with Crippen LogP contribution in [0.1, 0.15) is 24.2 Å². The molecule has 0 saturated heterocycles. The zero-order chi connectivity index (χ0) is 20.7. The van der Waals surface area contributed by atoms with Crippen LogP contribution in [0.3, 0.4) is 0 Å². The summed E-state index contributed by atoms with van der Waals surface area (Å²) >= 11 is 0. The molecule has 0 aliphatic rings. The minimum Gasteiger partial charge on any atom is -0.492 e. The van der Waals surface area contributed by atoms with Crippen LogP contribution in [0.15, 0.2) is 48.5 Å². The molecule has 150 valence electrons. The second-order valence-corrected chi connectivity index (χ2v) is 6.74. The number of ether oxygens (including phenoxy) is 1. The number of nitrogens with one attached hydrogen (secondary N) is 1. The van der Waals surface area contributed by atoms with Crippen LogP contribution >= 0.6 is 0 Å². The van der Waals surface area contributed by atoms with Gasteiger partial charge in [0.25, 0.3) is 5.91 Å². The van der Waals surface area contributed by atoms with Gasteiger partial charge in [0.15, 0.2) is 0 Å². The standard InChI is InChI=1S/C21H24F2N2O3/c1-14(2)19(24-20(26)17-6-4-5-7-18(17)23)21(27)25(3)12-13-28-16-10-8-15(22)9-11-16/h4-11,14,19H,12-13H2,1-3H3,(H,24,26)/t19-/m0/s1. The van der Waals surface area contributed by atoms with Crippen LogP contribution in [0.5, 0.6) is 5.75 Å². The Morgan fingerprint density at radius 1 is 1.07 bits per heavy atom. The molecule has 5 nitrogen and oxygen atoms in total. The Kier molecular flexibility index (Phi) is 7.49. The first-order valence-electron chi connectivity index (χ1n) is 8.98. The number of hydrogen-bond donors (Lipinski definition) is 1. The van der Waals surface area contributed by atoms with Crippen molar-refractivity contribution in [3.8, 4) is 5.75 Å². The molecule has 2 aromatic carbocycles. The number of rotatable bonds is 8. The number of benzene rings is 2. The van der Waals surface area contributed by atoms with Gasteiger partial charge in [-0.2, -0.15) is 0 Å². The lowest BCUT2D eigenvalue weighted by molar-refractivity contribution is -0.133. The summed E-state index contributed by atoms with van der Waals surface area (Å²) in [6.07, 6.45) is 0. The first kappa shape index (κ1) is 21.3. The molecule has 0 aliphatic heterocycles. The van der Waals surface area contributed by atoms with Crippen molar-refractivity contribution in [3.05, 3.63) is 65.7 Å². The van der Waals surface area contributed by atoms with E-state index < -0.39 is 17.8 Å². The van der Waals surface area contributed by atoms with Crippen LogP contribution in [-0.4, -0.2) is 43.0 Å². The summed E-state index contributed by atoms with van der Waals surface area (Å²) in [5, 5.41) is 2.62. The van der Waals surface area contributed by atoms with E-state index >= 15 is 0 Å². The number of halogens is 2. The number of carbonyl (C=O) groups is 2. The van der Waals surface area contributed by atoms with Crippen LogP contribution in [0.4, 0.5) is 8.78 Å². The van der Waals surface area contributed by atoms with Crippen molar-refractivity contribution < 1.29 is 23.1 Å². The van der Waals surface area contributed by atoms with E-state index in [1.807, 2.05) is 0 Å². The van der Waals surface area contributed by atoms with E-state index in [-0.39, 0.29) is 36.4 Å². The molecule has 7 heteroatoms. The van der Waals surface area contributed by atoms with Gasteiger partial charge in [-0.05, 0) is 42.3 Å². The SMILES string of the molecule is CC(C)[C@H](NC(=O)c1ccccc1F)C(=O)N(C)CCOc1ccc(F)cc1. The highest BCUT2D eigenvalue weighted by Crippen LogP contribution is 2.12. The molecular weight excluding hydrogens is 366 g/mol. The molecule has 1 N–H and O–H groups in total. The lowest BCUT2D eigenvalue weighted by Gasteiger charge is -2.27. The molecule has 0 heterocycles. The molecule has 1 atom stereocenters. The topological polar surface area (TPSA) is 58.6 Å². The van der Waals surface area contributed by atoms with Gasteiger partial charge in [-0.15, -0.1) is 0 Å². The number of carbonyl (C=O) groups excluding carboxylic acids is 2. The van der Waals surface area contributed by atoms with Gasteiger partial charge in [0.2, 0.25) is 5.91 Å². The van der Waals surface area contributed by atoms with Gasteiger partial charge < -0.3 is 15.0 Å². The normalized spacial score (nSPS) is 11.8. The van der Waals surface area contributed by atoms with E-state index in [0.29, 0.717) is 5.75 Å². The molecule has 0 saturated carbocycles. The smallest absolute Gasteiger partial charge is 0.254 e. The van der Waals surface area contributed by atoms with Crippen molar-refractivity contribution in [2.24, 2.45) is 5.92 Å². The molecule has 0 unspecified atom stereocenters. The molecule has 28 heavy (non-hydrogen) atoms. The molecule has 2 rings (SSSR count). The maximum atomic E-state index is 13.8. The van der Waals surface area contributed by atoms with E-state index in [2.05, 4.69) is 5.32 Å². The summed E-state index contributed by atoms with van der Waals surface area (Å²) in [4.78, 5) is 26.5. The molecule has 2 amide bonds. The van der Waals surface area contributed by atoms with Gasteiger partial charge in [0, 0.05) is 7.05 Å². The Morgan fingerprint density at radius 2 is 1.71 bits per heavy atom. The van der Waals surface area contributed by atoms with E-state index in [1.165, 1.54) is 47.4 Å². The van der Waals surface area contributed by atoms with Crippen molar-refractivity contribution in [2.75, 3.05) is 20.2 Å². The zero-order valence-corrected chi connectivity index (χ0v) is 16.1. The summed E-state index contributed by atoms with van der Waals surface area (Å²) in [6, 6.07) is 10.4. The van der Waals surface area contributed by atoms with Crippen molar-refractivity contribution >= 4 is 11.8 Å². The van der Waals surface area contributed by atoms with Crippen LogP contribution in [0, 0.1) is 17.6 Å². The largest absolute Gasteiger partial charge is 0.492 e. The van der Waals surface area contributed by atoms with Crippen LogP contribution in [-0.2, 0) is 4.79 Å². The molecule has 0 bridgehead atoms. The Labute approximate surface area is 163 Å². The first-order valence-corrected chi connectivity index (χ1v) is 8.98. The third kappa shape index (κ3) is 5.77. The minimum absolute atomic E-state index is 0.108. The predicted molar refractivity (Wildman–Crippen MR) is 102 cm³/mol. The van der Waals surface area contributed by atoms with Gasteiger partial charge in [-0.1, -0.05) is 26.0 Å². The van der Waals surface area contributed by atoms with Crippen molar-refractivity contribution in [3.63, 3.8) is 0 Å². The van der Waals surface area contributed by atoms with Crippen molar-refractivity contribution in [2.45, 2.75) is 19.9 Å². The average Bonchev–Trinajstić information content (AvgIpc) is 2.67. The maximum Gasteiger partial charge on any atom is 0.254 e. The van der Waals surface area contributed by atoms with Gasteiger partial charge >= 0.3 is 0 Å². The van der Waals surface area contributed by atoms with Gasteiger partial charge in [0.05, 0.1) is 12.1 Å². The highest BCUT2D eigenvalue weighted by Gasteiger charge is 2.28. The maximum absolute atomic E-state index is 13.8. The summed E-state index contributed by atoms with van der Waals surface area (Å²) in [5.41, 5.74) is -0.108. The molecule has 0 spiro atoms. The van der Waals surface area contributed by atoms with E-state index in [0.717, 1.165) is 0 Å². The number of hydrogen-bond acceptors (Lipinski definition) is 3. The van der Waals surface area contributed by atoms with Crippen molar-refractivity contribution in [1.29, 1.82) is 0 Å². The molecule has 0 aliphatic carbocycles. The van der Waals surface area contributed by atoms with Gasteiger partial charge in [-0.25, -0.2) is 8.78 Å². The third-order valence-corrected chi connectivity index (χ3v) is 4.22. The highest BCUT2D eigenvalue weighted by molar-refractivity contribution is 5.97. The van der Waals surface area contributed by atoms with Gasteiger partial charge in [0.1, 0.15) is 30.0 Å². The third-order valence-electron chi connectivity index (χ3n) is 4.22. The number of amides is 2. The molecular formula is C21H24F2N2O3. The monoisotopic (exact) mass is 390 g/mol. The van der Waals surface area contributed by atoms with Crippen LogP contribution < -0.4 is 10.1 Å². The predicted octanol–water partition coefficient (Wildman–Crippen LogP) is 3.26. The Bertz CT molecular complexity index is 810. The summed E-state index contributed by atoms with van der Waals surface area (Å²) < 4.78 is 32.2. The van der Waals surface area contributed by atoms with E-state index in [4.69, 9.17) is 4.74 Å². The van der Waals surface area contributed by atoms with E-state index in [1.54, 1.807) is 27.0 Å². The summed E-state index contributed by atoms with van der Waals surface area (Å²) in [6.45, 7) is 4.08. The van der Waals surface area contributed by atoms with Gasteiger partial charge in [-0.3, -0.25) is 9.59 Å². The quantitative estimate of drug-likeness (QED) is 0.753. The summed E-state index contributed by atoms with van der Waals surface area (Å²) in [7, 11) is 1.60. The van der Waals surface area contributed by atoms with Crippen LogP contribution in [0.25, 0.3) is 0 Å².